The van der Waals surface area contributed by atoms with E-state index in [4.69, 9.17) is 5.21 Å². The van der Waals surface area contributed by atoms with Gasteiger partial charge in [-0.1, -0.05) is 18.2 Å². The first-order chi connectivity index (χ1) is 12.6. The number of para-hydroxylation sites is 1. The number of hydroxylamine groups is 1. The van der Waals surface area contributed by atoms with Crippen molar-refractivity contribution in [1.82, 2.24) is 24.7 Å². The summed E-state index contributed by atoms with van der Waals surface area (Å²) in [5.74, 6) is -0.705. The lowest BCUT2D eigenvalue weighted by molar-refractivity contribution is 0.0699. The molecular weight excluding hydrogens is 334 g/mol. The normalized spacial score (nSPS) is 14.2. The van der Waals surface area contributed by atoms with Crippen LogP contribution in [-0.4, -0.2) is 42.8 Å². The predicted molar refractivity (Wildman–Crippen MR) is 93.8 cm³/mol. The van der Waals surface area contributed by atoms with E-state index in [0.29, 0.717) is 25.3 Å². The van der Waals surface area contributed by atoms with Crippen molar-refractivity contribution < 1.29 is 14.8 Å². The number of hydrogen-bond acceptors (Lipinski definition) is 4. The minimum absolute atomic E-state index is 0.0495. The molecule has 3 aromatic rings. The van der Waals surface area contributed by atoms with E-state index in [0.717, 1.165) is 23.0 Å². The summed E-state index contributed by atoms with van der Waals surface area (Å²) in [5, 5.41) is 14.0. The van der Waals surface area contributed by atoms with Crippen LogP contribution in [0.2, 0.25) is 0 Å². The molecule has 0 aliphatic carbocycles. The van der Waals surface area contributed by atoms with Gasteiger partial charge in [-0.15, -0.1) is 0 Å². The molecular formula is C18H19N5O3. The summed E-state index contributed by atoms with van der Waals surface area (Å²) >= 11 is 0. The summed E-state index contributed by atoms with van der Waals surface area (Å²) in [6.45, 7) is 1.60. The third-order valence-corrected chi connectivity index (χ3v) is 4.81. The largest absolute Gasteiger partial charge is 0.340 e. The standard InChI is InChI=1S/C18H19N5O3/c1-21-15-6-3-2-5-12(15)9-16(21)18(25)22-7-4-8-23-13(11-22)10-14(19-23)17(24)20-26/h2-3,5-6,9-10,26H,4,7-8,11H2,1H3,(H,20,24). The van der Waals surface area contributed by atoms with Gasteiger partial charge in [0.25, 0.3) is 11.8 Å². The number of benzene rings is 1. The molecule has 2 N–H and O–H groups in total. The first-order valence-electron chi connectivity index (χ1n) is 8.43. The summed E-state index contributed by atoms with van der Waals surface area (Å²) in [7, 11) is 1.89. The fourth-order valence-corrected chi connectivity index (χ4v) is 3.46. The summed E-state index contributed by atoms with van der Waals surface area (Å²) in [6.07, 6.45) is 0.741. The predicted octanol–water partition coefficient (Wildman–Crippen LogP) is 1.54. The van der Waals surface area contributed by atoms with Gasteiger partial charge in [-0.3, -0.25) is 19.5 Å². The molecule has 4 rings (SSSR count). The Bertz CT molecular complexity index is 1000. The van der Waals surface area contributed by atoms with Crippen LogP contribution in [0.5, 0.6) is 0 Å². The monoisotopic (exact) mass is 353 g/mol. The number of rotatable bonds is 2. The molecule has 0 fully saturated rings. The summed E-state index contributed by atoms with van der Waals surface area (Å²) in [6, 6.07) is 11.4. The Balaban J connectivity index is 1.64. The van der Waals surface area contributed by atoms with E-state index < -0.39 is 5.91 Å². The van der Waals surface area contributed by atoms with Gasteiger partial charge in [-0.2, -0.15) is 5.10 Å². The highest BCUT2D eigenvalue weighted by Crippen LogP contribution is 2.22. The second-order valence-corrected chi connectivity index (χ2v) is 6.41. The van der Waals surface area contributed by atoms with Gasteiger partial charge in [0, 0.05) is 31.0 Å². The van der Waals surface area contributed by atoms with Crippen molar-refractivity contribution in [1.29, 1.82) is 0 Å². The lowest BCUT2D eigenvalue weighted by atomic mass is 10.2. The van der Waals surface area contributed by atoms with Crippen molar-refractivity contribution in [3.05, 3.63) is 53.5 Å². The summed E-state index contributed by atoms with van der Waals surface area (Å²) in [5.41, 5.74) is 4.14. The van der Waals surface area contributed by atoms with E-state index in [1.807, 2.05) is 41.9 Å². The Morgan fingerprint density at radius 1 is 1.19 bits per heavy atom. The molecule has 0 atom stereocenters. The molecule has 3 heterocycles. The van der Waals surface area contributed by atoms with Crippen LogP contribution < -0.4 is 5.48 Å². The molecule has 1 aromatic carbocycles. The van der Waals surface area contributed by atoms with Crippen LogP contribution in [0.4, 0.5) is 0 Å². The Kier molecular flexibility index (Phi) is 3.96. The maximum Gasteiger partial charge on any atom is 0.295 e. The number of nitrogens with zero attached hydrogens (tertiary/aromatic N) is 4. The third kappa shape index (κ3) is 2.64. The zero-order valence-electron chi connectivity index (χ0n) is 14.3. The maximum atomic E-state index is 13.1. The van der Waals surface area contributed by atoms with Gasteiger partial charge in [-0.25, -0.2) is 5.48 Å². The number of hydrogen-bond donors (Lipinski definition) is 2. The fourth-order valence-electron chi connectivity index (χ4n) is 3.46. The van der Waals surface area contributed by atoms with Crippen LogP contribution in [0.1, 0.15) is 33.1 Å². The van der Waals surface area contributed by atoms with Gasteiger partial charge in [0.15, 0.2) is 5.69 Å². The van der Waals surface area contributed by atoms with E-state index in [1.54, 1.807) is 21.1 Å². The fraction of sp³-hybridized carbons (Fsp3) is 0.278. The highest BCUT2D eigenvalue weighted by atomic mass is 16.5. The number of carbonyl (C=O) groups is 2. The number of aryl methyl sites for hydroxylation is 2. The third-order valence-electron chi connectivity index (χ3n) is 4.81. The lowest BCUT2D eigenvalue weighted by Gasteiger charge is -2.20. The molecule has 8 nitrogen and oxygen atoms in total. The molecule has 134 valence electrons. The average Bonchev–Trinajstić information content (AvgIpc) is 3.15. The van der Waals surface area contributed by atoms with Crippen LogP contribution in [0, 0.1) is 0 Å². The minimum atomic E-state index is -0.655. The number of nitrogens with one attached hydrogen (secondary N) is 1. The van der Waals surface area contributed by atoms with Crippen LogP contribution >= 0.6 is 0 Å². The lowest BCUT2D eigenvalue weighted by Crippen LogP contribution is -2.32. The molecule has 1 aliphatic rings. The van der Waals surface area contributed by atoms with Crippen LogP contribution in [0.25, 0.3) is 10.9 Å². The Hall–Kier alpha value is -3.13. The zero-order valence-corrected chi connectivity index (χ0v) is 14.3. The van der Waals surface area contributed by atoms with Crippen LogP contribution in [0.15, 0.2) is 36.4 Å². The number of fused-ring (bicyclic) bond motifs is 2. The summed E-state index contributed by atoms with van der Waals surface area (Å²) in [4.78, 5) is 26.5. The number of aromatic nitrogens is 3. The molecule has 0 saturated carbocycles. The molecule has 0 unspecified atom stereocenters. The Morgan fingerprint density at radius 3 is 2.77 bits per heavy atom. The molecule has 2 amide bonds. The van der Waals surface area contributed by atoms with Gasteiger partial charge in [0.1, 0.15) is 5.69 Å². The van der Waals surface area contributed by atoms with E-state index >= 15 is 0 Å². The van der Waals surface area contributed by atoms with Crippen molar-refractivity contribution >= 4 is 22.7 Å². The van der Waals surface area contributed by atoms with Gasteiger partial charge < -0.3 is 9.47 Å². The number of amides is 2. The van der Waals surface area contributed by atoms with Crippen molar-refractivity contribution in [3.8, 4) is 0 Å². The molecule has 0 spiro atoms. The van der Waals surface area contributed by atoms with Gasteiger partial charge in [0.2, 0.25) is 0 Å². The van der Waals surface area contributed by atoms with E-state index in [2.05, 4.69) is 5.10 Å². The van der Waals surface area contributed by atoms with E-state index in [1.165, 1.54) is 0 Å². The van der Waals surface area contributed by atoms with Crippen molar-refractivity contribution in [2.24, 2.45) is 7.05 Å². The smallest absolute Gasteiger partial charge is 0.295 e. The van der Waals surface area contributed by atoms with Crippen molar-refractivity contribution in [2.45, 2.75) is 19.5 Å². The van der Waals surface area contributed by atoms with E-state index in [-0.39, 0.29) is 11.6 Å². The van der Waals surface area contributed by atoms with Crippen LogP contribution in [0.3, 0.4) is 0 Å². The second-order valence-electron chi connectivity index (χ2n) is 6.41. The molecule has 0 saturated heterocycles. The molecule has 26 heavy (non-hydrogen) atoms. The quantitative estimate of drug-likeness (QED) is 0.540. The van der Waals surface area contributed by atoms with Gasteiger partial charge in [-0.05, 0) is 24.6 Å². The molecule has 0 radical (unpaired) electrons. The number of carbonyl (C=O) groups excluding carboxylic acids is 2. The molecule has 1 aliphatic heterocycles. The molecule has 2 aromatic heterocycles. The minimum Gasteiger partial charge on any atom is -0.340 e. The first-order valence-corrected chi connectivity index (χ1v) is 8.43. The topological polar surface area (TPSA) is 92.4 Å². The van der Waals surface area contributed by atoms with Gasteiger partial charge >= 0.3 is 0 Å². The zero-order chi connectivity index (χ0) is 18.3. The van der Waals surface area contributed by atoms with E-state index in [9.17, 15) is 9.59 Å². The Morgan fingerprint density at radius 2 is 2.00 bits per heavy atom. The van der Waals surface area contributed by atoms with Crippen LogP contribution in [-0.2, 0) is 20.1 Å². The van der Waals surface area contributed by atoms with Gasteiger partial charge in [0.05, 0.1) is 12.2 Å². The molecule has 0 bridgehead atoms. The second kappa shape index (κ2) is 6.30. The molecule has 8 heteroatoms. The van der Waals surface area contributed by atoms with Crippen molar-refractivity contribution in [2.75, 3.05) is 6.54 Å². The Labute approximate surface area is 149 Å². The SMILES string of the molecule is Cn1c(C(=O)N2CCCn3nc(C(=O)NO)cc3C2)cc2ccccc21. The highest BCUT2D eigenvalue weighted by Gasteiger charge is 2.25. The highest BCUT2D eigenvalue weighted by molar-refractivity contribution is 5.98. The first kappa shape index (κ1) is 16.3. The maximum absolute atomic E-state index is 13.1. The average molecular weight is 353 g/mol. The summed E-state index contributed by atoms with van der Waals surface area (Å²) < 4.78 is 3.63. The van der Waals surface area contributed by atoms with Crippen molar-refractivity contribution in [3.63, 3.8) is 0 Å².